The normalized spacial score (nSPS) is 10.5. The number of carbonyl (C=O) groups excluding carboxylic acids is 1. The Bertz CT molecular complexity index is 795. The number of carbonyl (C=O) groups is 1. The topological polar surface area (TPSA) is 68.0 Å². The van der Waals surface area contributed by atoms with Crippen molar-refractivity contribution in [3.05, 3.63) is 66.1 Å². The molecular weight excluding hydrogens is 302 g/mol. The molecular formula is C19H19N3O2. The summed E-state index contributed by atoms with van der Waals surface area (Å²) in [4.78, 5) is 11.9. The first-order valence-electron chi connectivity index (χ1n) is 7.95. The first-order chi connectivity index (χ1) is 11.7. The van der Waals surface area contributed by atoms with Crippen LogP contribution in [-0.4, -0.2) is 16.1 Å². The first-order valence-corrected chi connectivity index (χ1v) is 7.95. The summed E-state index contributed by atoms with van der Waals surface area (Å²) < 4.78 is 5.63. The van der Waals surface area contributed by atoms with Gasteiger partial charge in [0, 0.05) is 24.1 Å². The van der Waals surface area contributed by atoms with E-state index in [0.29, 0.717) is 31.0 Å². The second-order valence-electron chi connectivity index (χ2n) is 5.63. The summed E-state index contributed by atoms with van der Waals surface area (Å²) >= 11 is 0. The Morgan fingerprint density at radius 3 is 2.54 bits per heavy atom. The predicted octanol–water partition coefficient (Wildman–Crippen LogP) is 4.01. The van der Waals surface area contributed by atoms with E-state index >= 15 is 0 Å². The highest BCUT2D eigenvalue weighted by molar-refractivity contribution is 5.90. The van der Waals surface area contributed by atoms with Crippen LogP contribution in [0.5, 0.6) is 0 Å². The first kappa shape index (κ1) is 15.9. The van der Waals surface area contributed by atoms with Crippen molar-refractivity contribution < 1.29 is 9.21 Å². The van der Waals surface area contributed by atoms with E-state index < -0.39 is 0 Å². The molecule has 0 bridgehead atoms. The van der Waals surface area contributed by atoms with E-state index in [1.165, 1.54) is 5.56 Å². The largest absolute Gasteiger partial charge is 0.421 e. The highest BCUT2D eigenvalue weighted by Crippen LogP contribution is 2.18. The van der Waals surface area contributed by atoms with Crippen molar-refractivity contribution in [3.8, 4) is 11.5 Å². The van der Waals surface area contributed by atoms with Crippen LogP contribution >= 0.6 is 0 Å². The van der Waals surface area contributed by atoms with Crippen LogP contribution in [0.15, 0.2) is 59.0 Å². The standard InChI is InChI=1S/C19H19N3O2/c1-14-10-12-16(13-11-14)20-17(23)8-5-9-18-21-22-19(24-18)15-6-3-2-4-7-15/h2-4,6-7,10-13H,5,8-9H2,1H3,(H,20,23). The number of nitrogens with one attached hydrogen (secondary N) is 1. The number of benzene rings is 2. The fourth-order valence-electron chi connectivity index (χ4n) is 2.31. The average Bonchev–Trinajstić information content (AvgIpc) is 3.07. The lowest BCUT2D eigenvalue weighted by Crippen LogP contribution is -2.11. The van der Waals surface area contributed by atoms with Gasteiger partial charge in [0.05, 0.1) is 0 Å². The van der Waals surface area contributed by atoms with Gasteiger partial charge in [-0.2, -0.15) is 0 Å². The van der Waals surface area contributed by atoms with Crippen molar-refractivity contribution in [2.45, 2.75) is 26.2 Å². The van der Waals surface area contributed by atoms with Crippen LogP contribution < -0.4 is 5.32 Å². The average molecular weight is 321 g/mol. The Balaban J connectivity index is 1.47. The second-order valence-corrected chi connectivity index (χ2v) is 5.63. The maximum absolute atomic E-state index is 11.9. The van der Waals surface area contributed by atoms with E-state index in [1.54, 1.807) is 0 Å². The molecule has 0 spiro atoms. The molecule has 2 aromatic carbocycles. The van der Waals surface area contributed by atoms with Crippen LogP contribution in [0.1, 0.15) is 24.3 Å². The van der Waals surface area contributed by atoms with Crippen molar-refractivity contribution >= 4 is 11.6 Å². The summed E-state index contributed by atoms with van der Waals surface area (Å²) in [6.45, 7) is 2.01. The number of aryl methyl sites for hydroxylation is 2. The Labute approximate surface area is 140 Å². The number of hydrogen-bond acceptors (Lipinski definition) is 4. The summed E-state index contributed by atoms with van der Waals surface area (Å²) in [5, 5.41) is 11.0. The Morgan fingerprint density at radius 1 is 1.04 bits per heavy atom. The van der Waals surface area contributed by atoms with E-state index in [4.69, 9.17) is 4.42 Å². The van der Waals surface area contributed by atoms with Gasteiger partial charge >= 0.3 is 0 Å². The summed E-state index contributed by atoms with van der Waals surface area (Å²) in [7, 11) is 0. The SMILES string of the molecule is Cc1ccc(NC(=O)CCCc2nnc(-c3ccccc3)o2)cc1. The lowest BCUT2D eigenvalue weighted by atomic mass is 10.2. The smallest absolute Gasteiger partial charge is 0.247 e. The van der Waals surface area contributed by atoms with Crippen LogP contribution in [-0.2, 0) is 11.2 Å². The van der Waals surface area contributed by atoms with Gasteiger partial charge in [0.2, 0.25) is 17.7 Å². The van der Waals surface area contributed by atoms with Gasteiger partial charge in [0.1, 0.15) is 0 Å². The molecule has 24 heavy (non-hydrogen) atoms. The van der Waals surface area contributed by atoms with Gasteiger partial charge in [-0.3, -0.25) is 4.79 Å². The van der Waals surface area contributed by atoms with Gasteiger partial charge in [-0.25, -0.2) is 0 Å². The van der Waals surface area contributed by atoms with Gasteiger partial charge in [0.15, 0.2) is 0 Å². The third-order valence-electron chi connectivity index (χ3n) is 3.62. The third kappa shape index (κ3) is 4.29. The predicted molar refractivity (Wildman–Crippen MR) is 92.5 cm³/mol. The number of hydrogen-bond donors (Lipinski definition) is 1. The molecule has 122 valence electrons. The van der Waals surface area contributed by atoms with Crippen LogP contribution in [0.4, 0.5) is 5.69 Å². The fourth-order valence-corrected chi connectivity index (χ4v) is 2.31. The van der Waals surface area contributed by atoms with Crippen molar-refractivity contribution in [1.29, 1.82) is 0 Å². The summed E-state index contributed by atoms with van der Waals surface area (Å²) in [6, 6.07) is 17.4. The second kappa shape index (κ2) is 7.55. The molecule has 3 aromatic rings. The maximum Gasteiger partial charge on any atom is 0.247 e. The van der Waals surface area contributed by atoms with E-state index in [2.05, 4.69) is 15.5 Å². The van der Waals surface area contributed by atoms with Gasteiger partial charge in [-0.05, 0) is 37.6 Å². The van der Waals surface area contributed by atoms with E-state index in [-0.39, 0.29) is 5.91 Å². The van der Waals surface area contributed by atoms with Crippen LogP contribution in [0.3, 0.4) is 0 Å². The van der Waals surface area contributed by atoms with Crippen molar-refractivity contribution in [2.24, 2.45) is 0 Å². The minimum atomic E-state index is -0.0124. The minimum absolute atomic E-state index is 0.0124. The van der Waals surface area contributed by atoms with Crippen molar-refractivity contribution in [2.75, 3.05) is 5.32 Å². The molecule has 0 saturated heterocycles. The number of rotatable bonds is 6. The Morgan fingerprint density at radius 2 is 1.79 bits per heavy atom. The number of anilines is 1. The molecule has 0 aliphatic rings. The third-order valence-corrected chi connectivity index (χ3v) is 3.62. The molecule has 0 radical (unpaired) electrons. The summed E-state index contributed by atoms with van der Waals surface area (Å²) in [5.74, 6) is 1.05. The molecule has 5 heteroatoms. The molecule has 1 N–H and O–H groups in total. The summed E-state index contributed by atoms with van der Waals surface area (Å²) in [5.41, 5.74) is 2.88. The fraction of sp³-hybridized carbons (Fsp3) is 0.211. The quantitative estimate of drug-likeness (QED) is 0.745. The monoisotopic (exact) mass is 321 g/mol. The van der Waals surface area contributed by atoms with E-state index in [0.717, 1.165) is 11.3 Å². The van der Waals surface area contributed by atoms with Gasteiger partial charge in [-0.15, -0.1) is 10.2 Å². The van der Waals surface area contributed by atoms with Crippen LogP contribution in [0.2, 0.25) is 0 Å². The molecule has 0 saturated carbocycles. The van der Waals surface area contributed by atoms with E-state index in [9.17, 15) is 4.79 Å². The van der Waals surface area contributed by atoms with Crippen LogP contribution in [0.25, 0.3) is 11.5 Å². The van der Waals surface area contributed by atoms with Crippen molar-refractivity contribution in [3.63, 3.8) is 0 Å². The molecule has 0 atom stereocenters. The molecule has 0 aliphatic heterocycles. The zero-order valence-corrected chi connectivity index (χ0v) is 13.5. The number of aromatic nitrogens is 2. The number of nitrogens with zero attached hydrogens (tertiary/aromatic N) is 2. The van der Waals surface area contributed by atoms with E-state index in [1.807, 2.05) is 61.5 Å². The molecule has 5 nitrogen and oxygen atoms in total. The zero-order chi connectivity index (χ0) is 16.8. The molecule has 3 rings (SSSR count). The molecule has 1 heterocycles. The highest BCUT2D eigenvalue weighted by atomic mass is 16.4. The molecule has 0 fully saturated rings. The highest BCUT2D eigenvalue weighted by Gasteiger charge is 2.09. The lowest BCUT2D eigenvalue weighted by Gasteiger charge is -2.04. The maximum atomic E-state index is 11.9. The van der Waals surface area contributed by atoms with Gasteiger partial charge in [0.25, 0.3) is 0 Å². The Hall–Kier alpha value is -2.95. The number of amides is 1. The van der Waals surface area contributed by atoms with Gasteiger partial charge in [-0.1, -0.05) is 35.9 Å². The zero-order valence-electron chi connectivity index (χ0n) is 13.5. The lowest BCUT2D eigenvalue weighted by molar-refractivity contribution is -0.116. The van der Waals surface area contributed by atoms with Crippen molar-refractivity contribution in [1.82, 2.24) is 10.2 Å². The molecule has 0 aliphatic carbocycles. The molecule has 1 aromatic heterocycles. The molecule has 1 amide bonds. The van der Waals surface area contributed by atoms with Gasteiger partial charge < -0.3 is 9.73 Å². The molecule has 0 unspecified atom stereocenters. The summed E-state index contributed by atoms with van der Waals surface area (Å²) in [6.07, 6.45) is 1.66. The van der Waals surface area contributed by atoms with Crippen LogP contribution in [0, 0.1) is 6.92 Å². The Kier molecular flexibility index (Phi) is 5.01. The minimum Gasteiger partial charge on any atom is -0.421 e.